The average Bonchev–Trinajstić information content (AvgIpc) is 2.68. The van der Waals surface area contributed by atoms with Crippen molar-refractivity contribution in [3.63, 3.8) is 0 Å². The SMILES string of the molecule is O=C(CCNC(=O)[C@H]1CCCN(S(=O)(=O)c2ccc(F)cc2)C1)NCCCO. The molecule has 1 aromatic rings. The molecule has 1 saturated heterocycles. The van der Waals surface area contributed by atoms with Crippen molar-refractivity contribution < 1.29 is 27.5 Å². The molecule has 1 fully saturated rings. The first-order chi connectivity index (χ1) is 13.3. The molecule has 2 rings (SSSR count). The van der Waals surface area contributed by atoms with E-state index in [0.29, 0.717) is 32.4 Å². The van der Waals surface area contributed by atoms with E-state index in [1.807, 2.05) is 0 Å². The number of nitrogens with zero attached hydrogens (tertiary/aromatic N) is 1. The average molecular weight is 415 g/mol. The number of aliphatic hydroxyl groups is 1. The highest BCUT2D eigenvalue weighted by Crippen LogP contribution is 2.24. The highest BCUT2D eigenvalue weighted by molar-refractivity contribution is 7.89. The Morgan fingerprint density at radius 1 is 1.18 bits per heavy atom. The van der Waals surface area contributed by atoms with Crippen molar-refractivity contribution in [3.05, 3.63) is 30.1 Å². The quantitative estimate of drug-likeness (QED) is 0.500. The van der Waals surface area contributed by atoms with Crippen LogP contribution in [0.15, 0.2) is 29.2 Å². The van der Waals surface area contributed by atoms with Gasteiger partial charge in [-0.1, -0.05) is 0 Å². The third-order valence-corrected chi connectivity index (χ3v) is 6.39. The number of benzene rings is 1. The summed E-state index contributed by atoms with van der Waals surface area (Å²) in [5, 5.41) is 14.0. The van der Waals surface area contributed by atoms with E-state index < -0.39 is 21.8 Å². The minimum atomic E-state index is -3.79. The van der Waals surface area contributed by atoms with Crippen LogP contribution in [0.3, 0.4) is 0 Å². The molecule has 8 nitrogen and oxygen atoms in total. The molecule has 0 radical (unpaired) electrons. The highest BCUT2D eigenvalue weighted by atomic mass is 32.2. The van der Waals surface area contributed by atoms with Gasteiger partial charge in [0.05, 0.1) is 10.8 Å². The third kappa shape index (κ3) is 6.25. The molecule has 0 unspecified atom stereocenters. The first kappa shape index (κ1) is 22.3. The molecule has 28 heavy (non-hydrogen) atoms. The summed E-state index contributed by atoms with van der Waals surface area (Å²) in [6.07, 6.45) is 1.68. The summed E-state index contributed by atoms with van der Waals surface area (Å²) in [7, 11) is -3.79. The number of hydrogen-bond donors (Lipinski definition) is 3. The molecular weight excluding hydrogens is 389 g/mol. The molecule has 156 valence electrons. The predicted molar refractivity (Wildman–Crippen MR) is 100 cm³/mol. The summed E-state index contributed by atoms with van der Waals surface area (Å²) in [4.78, 5) is 23.9. The van der Waals surface area contributed by atoms with Crippen molar-refractivity contribution in [3.8, 4) is 0 Å². The summed E-state index contributed by atoms with van der Waals surface area (Å²) < 4.78 is 39.7. The number of hydrogen-bond acceptors (Lipinski definition) is 5. The smallest absolute Gasteiger partial charge is 0.243 e. The normalized spacial score (nSPS) is 17.9. The molecule has 0 spiro atoms. The number of piperidine rings is 1. The molecule has 2 amide bonds. The van der Waals surface area contributed by atoms with Crippen molar-refractivity contribution in [2.45, 2.75) is 30.6 Å². The zero-order valence-electron chi connectivity index (χ0n) is 15.6. The van der Waals surface area contributed by atoms with Crippen molar-refractivity contribution >= 4 is 21.8 Å². The number of sulfonamides is 1. The van der Waals surface area contributed by atoms with E-state index in [-0.39, 0.29) is 42.8 Å². The number of carbonyl (C=O) groups is 2. The zero-order valence-corrected chi connectivity index (χ0v) is 16.4. The van der Waals surface area contributed by atoms with E-state index in [1.165, 1.54) is 16.4 Å². The molecular formula is C18H26FN3O5S. The number of rotatable bonds is 9. The second kappa shape index (κ2) is 10.5. The Morgan fingerprint density at radius 3 is 2.57 bits per heavy atom. The van der Waals surface area contributed by atoms with Crippen molar-refractivity contribution in [1.82, 2.24) is 14.9 Å². The van der Waals surface area contributed by atoms with E-state index >= 15 is 0 Å². The Kier molecular flexibility index (Phi) is 8.34. The van der Waals surface area contributed by atoms with Crippen LogP contribution in [0.5, 0.6) is 0 Å². The van der Waals surface area contributed by atoms with Gasteiger partial charge in [0, 0.05) is 39.2 Å². The first-order valence-corrected chi connectivity index (χ1v) is 10.7. The molecule has 3 N–H and O–H groups in total. The van der Waals surface area contributed by atoms with Gasteiger partial charge in [-0.25, -0.2) is 12.8 Å². The fraction of sp³-hybridized carbons (Fsp3) is 0.556. The maximum atomic E-state index is 13.0. The van der Waals surface area contributed by atoms with Gasteiger partial charge in [0.25, 0.3) is 0 Å². The lowest BCUT2D eigenvalue weighted by molar-refractivity contribution is -0.126. The second-order valence-corrected chi connectivity index (χ2v) is 8.56. The Balaban J connectivity index is 1.85. The van der Waals surface area contributed by atoms with Crippen molar-refractivity contribution in [2.75, 3.05) is 32.8 Å². The molecule has 10 heteroatoms. The summed E-state index contributed by atoms with van der Waals surface area (Å²) >= 11 is 0. The molecule has 0 aliphatic carbocycles. The number of aliphatic hydroxyl groups excluding tert-OH is 1. The third-order valence-electron chi connectivity index (χ3n) is 4.51. The van der Waals surface area contributed by atoms with E-state index in [9.17, 15) is 22.4 Å². The predicted octanol–water partition coefficient (Wildman–Crippen LogP) is 0.231. The van der Waals surface area contributed by atoms with E-state index in [0.717, 1.165) is 12.1 Å². The fourth-order valence-corrected chi connectivity index (χ4v) is 4.49. The van der Waals surface area contributed by atoms with Crippen LogP contribution >= 0.6 is 0 Å². The van der Waals surface area contributed by atoms with E-state index in [4.69, 9.17) is 5.11 Å². The molecule has 1 heterocycles. The van der Waals surface area contributed by atoms with Gasteiger partial charge in [0.15, 0.2) is 0 Å². The topological polar surface area (TPSA) is 116 Å². The van der Waals surface area contributed by atoms with Crippen molar-refractivity contribution in [1.29, 1.82) is 0 Å². The van der Waals surface area contributed by atoms with Crippen LogP contribution in [-0.4, -0.2) is 62.4 Å². The van der Waals surface area contributed by atoms with Crippen LogP contribution in [0.25, 0.3) is 0 Å². The van der Waals surface area contributed by atoms with Crippen molar-refractivity contribution in [2.24, 2.45) is 5.92 Å². The number of amides is 2. The summed E-state index contributed by atoms with van der Waals surface area (Å²) in [6, 6.07) is 4.60. The van der Waals surface area contributed by atoms with Crippen LogP contribution < -0.4 is 10.6 Å². The van der Waals surface area contributed by atoms with Gasteiger partial charge in [0.1, 0.15) is 5.82 Å². The Hall–Kier alpha value is -2.04. The number of halogens is 1. The van der Waals surface area contributed by atoms with E-state index in [1.54, 1.807) is 0 Å². The van der Waals surface area contributed by atoms with Gasteiger partial charge in [-0.3, -0.25) is 9.59 Å². The van der Waals surface area contributed by atoms with Crippen LogP contribution in [-0.2, 0) is 19.6 Å². The van der Waals surface area contributed by atoms with Crippen LogP contribution in [0.1, 0.15) is 25.7 Å². The van der Waals surface area contributed by atoms with Gasteiger partial charge in [-0.2, -0.15) is 4.31 Å². The van der Waals surface area contributed by atoms with Gasteiger partial charge in [0.2, 0.25) is 21.8 Å². The van der Waals surface area contributed by atoms with Gasteiger partial charge in [-0.15, -0.1) is 0 Å². The fourth-order valence-electron chi connectivity index (χ4n) is 2.97. The molecule has 0 saturated carbocycles. The summed E-state index contributed by atoms with van der Waals surface area (Å²) in [5.74, 6) is -1.53. The minimum absolute atomic E-state index is 0.00394. The lowest BCUT2D eigenvalue weighted by atomic mass is 9.99. The largest absolute Gasteiger partial charge is 0.396 e. The van der Waals surface area contributed by atoms with Gasteiger partial charge in [-0.05, 0) is 43.5 Å². The molecule has 0 bridgehead atoms. The highest BCUT2D eigenvalue weighted by Gasteiger charge is 2.33. The first-order valence-electron chi connectivity index (χ1n) is 9.25. The maximum Gasteiger partial charge on any atom is 0.243 e. The number of nitrogens with one attached hydrogen (secondary N) is 2. The minimum Gasteiger partial charge on any atom is -0.396 e. The second-order valence-electron chi connectivity index (χ2n) is 6.62. The van der Waals surface area contributed by atoms with E-state index in [2.05, 4.69) is 10.6 Å². The summed E-state index contributed by atoms with van der Waals surface area (Å²) in [6.45, 7) is 0.883. The lowest BCUT2D eigenvalue weighted by Crippen LogP contribution is -2.45. The standard InChI is InChI=1S/C18H26FN3O5S/c19-15-4-6-16(7-5-15)28(26,27)22-11-1-3-14(13-22)18(25)21-10-8-17(24)20-9-2-12-23/h4-7,14,23H,1-3,8-13H2,(H,20,24)(H,21,25)/t14-/m0/s1. The zero-order chi connectivity index (χ0) is 20.6. The number of carbonyl (C=O) groups excluding carboxylic acids is 2. The Morgan fingerprint density at radius 2 is 1.89 bits per heavy atom. The lowest BCUT2D eigenvalue weighted by Gasteiger charge is -2.31. The Labute approximate surface area is 164 Å². The van der Waals surface area contributed by atoms with Crippen LogP contribution in [0.2, 0.25) is 0 Å². The molecule has 0 aromatic heterocycles. The Bertz CT molecular complexity index is 770. The maximum absolute atomic E-state index is 13.0. The molecule has 1 atom stereocenters. The summed E-state index contributed by atoms with van der Waals surface area (Å²) in [5.41, 5.74) is 0. The van der Waals surface area contributed by atoms with Crippen LogP contribution in [0.4, 0.5) is 4.39 Å². The molecule has 1 aromatic carbocycles. The van der Waals surface area contributed by atoms with Gasteiger partial charge < -0.3 is 15.7 Å². The van der Waals surface area contributed by atoms with Crippen LogP contribution in [0, 0.1) is 11.7 Å². The monoisotopic (exact) mass is 415 g/mol. The van der Waals surface area contributed by atoms with Gasteiger partial charge >= 0.3 is 0 Å². The molecule has 1 aliphatic rings. The molecule has 1 aliphatic heterocycles.